The first-order valence-electron chi connectivity index (χ1n) is 5.73. The summed E-state index contributed by atoms with van der Waals surface area (Å²) < 4.78 is 0. The lowest BCUT2D eigenvalue weighted by Gasteiger charge is -2.16. The summed E-state index contributed by atoms with van der Waals surface area (Å²) in [5.41, 5.74) is 0. The molecule has 0 aliphatic heterocycles. The van der Waals surface area contributed by atoms with Crippen molar-refractivity contribution < 1.29 is 5.11 Å². The third-order valence-corrected chi connectivity index (χ3v) is 4.50. The first kappa shape index (κ1) is 12.8. The molecule has 2 aromatic heterocycles. The molecule has 2 heterocycles. The van der Waals surface area contributed by atoms with E-state index in [1.807, 2.05) is 17.5 Å². The Labute approximate surface area is 110 Å². The SMILES string of the molecule is CC(CC(O)c1cccs1)NCc1cccs1. The van der Waals surface area contributed by atoms with Gasteiger partial charge < -0.3 is 10.4 Å². The smallest absolute Gasteiger partial charge is 0.0896 e. The van der Waals surface area contributed by atoms with E-state index in [4.69, 9.17) is 0 Å². The van der Waals surface area contributed by atoms with Crippen molar-refractivity contribution in [3.05, 3.63) is 44.8 Å². The van der Waals surface area contributed by atoms with Gasteiger partial charge in [0.2, 0.25) is 0 Å². The van der Waals surface area contributed by atoms with E-state index in [1.165, 1.54) is 4.88 Å². The van der Waals surface area contributed by atoms with Crippen LogP contribution in [-0.2, 0) is 6.54 Å². The van der Waals surface area contributed by atoms with Gasteiger partial charge in [0.15, 0.2) is 0 Å². The lowest BCUT2D eigenvalue weighted by molar-refractivity contribution is 0.157. The minimum atomic E-state index is -0.346. The summed E-state index contributed by atoms with van der Waals surface area (Å²) >= 11 is 3.37. The van der Waals surface area contributed by atoms with E-state index in [-0.39, 0.29) is 6.10 Å². The number of aliphatic hydroxyl groups excluding tert-OH is 1. The van der Waals surface area contributed by atoms with Gasteiger partial charge in [0.05, 0.1) is 6.10 Å². The molecule has 17 heavy (non-hydrogen) atoms. The third-order valence-electron chi connectivity index (χ3n) is 2.65. The largest absolute Gasteiger partial charge is 0.388 e. The van der Waals surface area contributed by atoms with Gasteiger partial charge in [-0.05, 0) is 36.2 Å². The fourth-order valence-electron chi connectivity index (χ4n) is 1.70. The molecular formula is C13H17NOS2. The van der Waals surface area contributed by atoms with Crippen LogP contribution in [0.15, 0.2) is 35.0 Å². The van der Waals surface area contributed by atoms with Crippen LogP contribution < -0.4 is 5.32 Å². The lowest BCUT2D eigenvalue weighted by Crippen LogP contribution is -2.26. The third kappa shape index (κ3) is 3.92. The normalized spacial score (nSPS) is 14.7. The van der Waals surface area contributed by atoms with E-state index in [2.05, 4.69) is 29.8 Å². The number of hydrogen-bond donors (Lipinski definition) is 2. The molecule has 0 bridgehead atoms. The molecule has 0 aliphatic carbocycles. The summed E-state index contributed by atoms with van der Waals surface area (Å²) in [5, 5.41) is 17.5. The fraction of sp³-hybridized carbons (Fsp3) is 0.385. The van der Waals surface area contributed by atoms with E-state index < -0.39 is 0 Å². The zero-order chi connectivity index (χ0) is 12.1. The summed E-state index contributed by atoms with van der Waals surface area (Å²) in [6, 6.07) is 8.47. The van der Waals surface area contributed by atoms with Crippen LogP contribution >= 0.6 is 22.7 Å². The molecule has 0 saturated heterocycles. The van der Waals surface area contributed by atoms with Crippen LogP contribution in [0.1, 0.15) is 29.2 Å². The minimum absolute atomic E-state index is 0.314. The second-order valence-electron chi connectivity index (χ2n) is 4.13. The Morgan fingerprint density at radius 3 is 2.65 bits per heavy atom. The zero-order valence-electron chi connectivity index (χ0n) is 9.80. The molecule has 0 spiro atoms. The van der Waals surface area contributed by atoms with Crippen molar-refractivity contribution >= 4 is 22.7 Å². The first-order valence-corrected chi connectivity index (χ1v) is 7.49. The highest BCUT2D eigenvalue weighted by Crippen LogP contribution is 2.23. The Bertz CT molecular complexity index is 411. The van der Waals surface area contributed by atoms with Crippen molar-refractivity contribution in [2.45, 2.75) is 32.0 Å². The molecule has 92 valence electrons. The van der Waals surface area contributed by atoms with Crippen LogP contribution in [0.2, 0.25) is 0 Å². The average molecular weight is 267 g/mol. The van der Waals surface area contributed by atoms with Crippen LogP contribution in [0.25, 0.3) is 0 Å². The molecule has 0 fully saturated rings. The zero-order valence-corrected chi connectivity index (χ0v) is 11.4. The topological polar surface area (TPSA) is 32.3 Å². The Kier molecular flexibility index (Phi) is 4.74. The van der Waals surface area contributed by atoms with Gasteiger partial charge in [-0.2, -0.15) is 0 Å². The monoisotopic (exact) mass is 267 g/mol. The Balaban J connectivity index is 1.75. The van der Waals surface area contributed by atoms with Crippen molar-refractivity contribution in [1.82, 2.24) is 5.32 Å². The van der Waals surface area contributed by atoms with Gasteiger partial charge in [0.1, 0.15) is 0 Å². The maximum Gasteiger partial charge on any atom is 0.0896 e. The van der Waals surface area contributed by atoms with E-state index in [9.17, 15) is 5.11 Å². The molecule has 0 aliphatic rings. The maximum absolute atomic E-state index is 10.0. The van der Waals surface area contributed by atoms with Crippen molar-refractivity contribution in [2.24, 2.45) is 0 Å². The maximum atomic E-state index is 10.0. The molecule has 2 nitrogen and oxygen atoms in total. The molecule has 0 aromatic carbocycles. The summed E-state index contributed by atoms with van der Waals surface area (Å²) in [6.45, 7) is 3.00. The highest BCUT2D eigenvalue weighted by molar-refractivity contribution is 7.10. The van der Waals surface area contributed by atoms with Crippen LogP contribution in [-0.4, -0.2) is 11.1 Å². The molecule has 0 amide bonds. The van der Waals surface area contributed by atoms with Crippen LogP contribution in [0.5, 0.6) is 0 Å². The highest BCUT2D eigenvalue weighted by atomic mass is 32.1. The number of nitrogens with one attached hydrogen (secondary N) is 1. The second kappa shape index (κ2) is 6.31. The van der Waals surface area contributed by atoms with Crippen molar-refractivity contribution in [3.63, 3.8) is 0 Å². The summed E-state index contributed by atoms with van der Waals surface area (Å²) in [4.78, 5) is 2.39. The van der Waals surface area contributed by atoms with Gasteiger partial charge in [-0.3, -0.25) is 0 Å². The molecule has 2 atom stereocenters. The van der Waals surface area contributed by atoms with Gasteiger partial charge in [-0.1, -0.05) is 12.1 Å². The quantitative estimate of drug-likeness (QED) is 0.840. The van der Waals surface area contributed by atoms with Crippen LogP contribution in [0.3, 0.4) is 0 Å². The minimum Gasteiger partial charge on any atom is -0.388 e. The van der Waals surface area contributed by atoms with E-state index in [1.54, 1.807) is 22.7 Å². The number of thiophene rings is 2. The van der Waals surface area contributed by atoms with Crippen molar-refractivity contribution in [1.29, 1.82) is 0 Å². The van der Waals surface area contributed by atoms with Gasteiger partial charge in [-0.25, -0.2) is 0 Å². The molecule has 0 radical (unpaired) electrons. The standard InChI is InChI=1S/C13H17NOS2/c1-10(14-9-11-4-2-6-16-11)8-12(15)13-5-3-7-17-13/h2-7,10,12,14-15H,8-9H2,1H3. The number of rotatable bonds is 6. The lowest BCUT2D eigenvalue weighted by atomic mass is 10.1. The van der Waals surface area contributed by atoms with Crippen LogP contribution in [0.4, 0.5) is 0 Å². The molecule has 2 aromatic rings. The summed E-state index contributed by atoms with van der Waals surface area (Å²) in [7, 11) is 0. The predicted molar refractivity (Wildman–Crippen MR) is 74.5 cm³/mol. The predicted octanol–water partition coefficient (Wildman–Crippen LogP) is 3.41. The van der Waals surface area contributed by atoms with E-state index >= 15 is 0 Å². The van der Waals surface area contributed by atoms with E-state index in [0.29, 0.717) is 6.04 Å². The molecule has 0 saturated carbocycles. The van der Waals surface area contributed by atoms with Gasteiger partial charge in [0, 0.05) is 22.3 Å². The molecular weight excluding hydrogens is 250 g/mol. The van der Waals surface area contributed by atoms with Gasteiger partial charge in [-0.15, -0.1) is 22.7 Å². The Hall–Kier alpha value is -0.680. The fourth-order valence-corrected chi connectivity index (χ4v) is 3.08. The Morgan fingerprint density at radius 2 is 2.00 bits per heavy atom. The first-order chi connectivity index (χ1) is 8.25. The Morgan fingerprint density at radius 1 is 1.24 bits per heavy atom. The summed E-state index contributed by atoms with van der Waals surface area (Å²) in [5.74, 6) is 0. The average Bonchev–Trinajstić information content (AvgIpc) is 2.99. The second-order valence-corrected chi connectivity index (χ2v) is 6.14. The van der Waals surface area contributed by atoms with E-state index in [0.717, 1.165) is 17.8 Å². The van der Waals surface area contributed by atoms with Crippen molar-refractivity contribution in [2.75, 3.05) is 0 Å². The summed E-state index contributed by atoms with van der Waals surface area (Å²) in [6.07, 6.45) is 0.409. The van der Waals surface area contributed by atoms with Crippen molar-refractivity contribution in [3.8, 4) is 0 Å². The number of aliphatic hydroxyl groups is 1. The molecule has 2 N–H and O–H groups in total. The van der Waals surface area contributed by atoms with Gasteiger partial charge in [0.25, 0.3) is 0 Å². The number of hydrogen-bond acceptors (Lipinski definition) is 4. The molecule has 2 unspecified atom stereocenters. The van der Waals surface area contributed by atoms with Gasteiger partial charge >= 0.3 is 0 Å². The molecule has 2 rings (SSSR count). The molecule has 4 heteroatoms. The highest BCUT2D eigenvalue weighted by Gasteiger charge is 2.12. The van der Waals surface area contributed by atoms with Crippen LogP contribution in [0, 0.1) is 0 Å².